The molecule has 0 saturated carbocycles. The standard InChI is InChI=1S/C17H35N.C2H4O2/c1-3-4-5-6-7-8-9-10-11-14-18-15-12-13-17(2)16-18;1-2(3)4/h17H,3-16H2,1-2H3;1H3,(H,3,4). The molecule has 0 radical (unpaired) electrons. The smallest absolute Gasteiger partial charge is 0.0796 e. The second-order valence-electron chi connectivity index (χ2n) is 7.02. The Balaban J connectivity index is 0.000000980. The molecule has 0 aromatic heterocycles. The highest BCUT2D eigenvalue weighted by Gasteiger charge is 2.18. The van der Waals surface area contributed by atoms with E-state index >= 15 is 0 Å². The van der Waals surface area contributed by atoms with Crippen LogP contribution in [0.5, 0.6) is 0 Å². The van der Waals surface area contributed by atoms with Crippen molar-refractivity contribution in [3.05, 3.63) is 0 Å². The number of piperidine rings is 1. The van der Waals surface area contributed by atoms with Gasteiger partial charge < -0.3 is 14.8 Å². The number of quaternary nitrogens is 1. The number of carboxylic acids is 1. The number of likely N-dealkylation sites (tertiary alicyclic amines) is 1. The zero-order valence-electron chi connectivity index (χ0n) is 15.3. The Hall–Kier alpha value is -0.570. The molecule has 0 aromatic rings. The van der Waals surface area contributed by atoms with Crippen molar-refractivity contribution in [2.45, 2.75) is 91.4 Å². The van der Waals surface area contributed by atoms with Crippen LogP contribution in [0.4, 0.5) is 0 Å². The first-order chi connectivity index (χ1) is 10.6. The van der Waals surface area contributed by atoms with Gasteiger partial charge in [0.2, 0.25) is 0 Å². The number of rotatable bonds is 10. The summed E-state index contributed by atoms with van der Waals surface area (Å²) in [6, 6.07) is 0. The van der Waals surface area contributed by atoms with Crippen LogP contribution in [0.2, 0.25) is 0 Å². The quantitative estimate of drug-likeness (QED) is 0.630. The topological polar surface area (TPSA) is 44.6 Å². The van der Waals surface area contributed by atoms with Gasteiger partial charge in [-0.25, -0.2) is 0 Å². The van der Waals surface area contributed by atoms with Gasteiger partial charge in [0.15, 0.2) is 0 Å². The van der Waals surface area contributed by atoms with E-state index in [-0.39, 0.29) is 0 Å². The van der Waals surface area contributed by atoms with Crippen LogP contribution >= 0.6 is 0 Å². The van der Waals surface area contributed by atoms with Crippen LogP contribution in [0, 0.1) is 5.92 Å². The van der Waals surface area contributed by atoms with Crippen molar-refractivity contribution >= 4 is 5.97 Å². The van der Waals surface area contributed by atoms with Gasteiger partial charge in [0.1, 0.15) is 0 Å². The van der Waals surface area contributed by atoms with E-state index in [1.807, 2.05) is 4.90 Å². The van der Waals surface area contributed by atoms with E-state index < -0.39 is 5.97 Å². The lowest BCUT2D eigenvalue weighted by atomic mass is 10.00. The molecule has 3 heteroatoms. The number of aliphatic carboxylic acids is 1. The second kappa shape index (κ2) is 15.3. The molecule has 1 aliphatic heterocycles. The zero-order valence-corrected chi connectivity index (χ0v) is 15.3. The van der Waals surface area contributed by atoms with E-state index in [0.717, 1.165) is 12.8 Å². The van der Waals surface area contributed by atoms with Gasteiger partial charge in [-0.05, 0) is 32.6 Å². The fourth-order valence-corrected chi connectivity index (χ4v) is 3.31. The van der Waals surface area contributed by atoms with E-state index in [0.29, 0.717) is 0 Å². The summed E-state index contributed by atoms with van der Waals surface area (Å²) in [5.41, 5.74) is 0. The monoisotopic (exact) mass is 313 g/mol. The lowest BCUT2D eigenvalue weighted by Gasteiger charge is -2.27. The van der Waals surface area contributed by atoms with Crippen LogP contribution in [0.15, 0.2) is 0 Å². The molecule has 1 rings (SSSR count). The van der Waals surface area contributed by atoms with Gasteiger partial charge in [-0.3, -0.25) is 0 Å². The Morgan fingerprint density at radius 3 is 2.05 bits per heavy atom. The Morgan fingerprint density at radius 1 is 1.05 bits per heavy atom. The molecule has 1 N–H and O–H groups in total. The van der Waals surface area contributed by atoms with Gasteiger partial charge in [0.25, 0.3) is 0 Å². The molecule has 0 amide bonds. The molecule has 1 saturated heterocycles. The predicted molar refractivity (Wildman–Crippen MR) is 91.9 cm³/mol. The maximum atomic E-state index is 8.89. The first kappa shape index (κ1) is 21.4. The Morgan fingerprint density at radius 2 is 1.55 bits per heavy atom. The number of carbonyl (C=O) groups excluding carboxylic acids is 1. The molecule has 0 bridgehead atoms. The van der Waals surface area contributed by atoms with E-state index in [1.54, 1.807) is 0 Å². The van der Waals surface area contributed by atoms with E-state index in [4.69, 9.17) is 9.90 Å². The van der Waals surface area contributed by atoms with Crippen LogP contribution in [0.3, 0.4) is 0 Å². The molecule has 1 aliphatic rings. The van der Waals surface area contributed by atoms with Gasteiger partial charge >= 0.3 is 0 Å². The summed E-state index contributed by atoms with van der Waals surface area (Å²) < 4.78 is 0. The SMILES string of the molecule is CC(=O)[O-].CCCCCCCCCCC[NH+]1CCCC(C)C1. The average Bonchev–Trinajstić information content (AvgIpc) is 2.45. The normalized spacial score (nSPS) is 21.0. The summed E-state index contributed by atoms with van der Waals surface area (Å²) in [7, 11) is 0. The second-order valence-corrected chi connectivity index (χ2v) is 7.02. The van der Waals surface area contributed by atoms with Gasteiger partial charge in [-0.1, -0.05) is 58.8 Å². The van der Waals surface area contributed by atoms with Crippen molar-refractivity contribution in [1.82, 2.24) is 0 Å². The lowest BCUT2D eigenvalue weighted by molar-refractivity contribution is -0.908. The molecular formula is C19H39NO2. The fourth-order valence-electron chi connectivity index (χ4n) is 3.31. The van der Waals surface area contributed by atoms with Crippen LogP contribution < -0.4 is 10.0 Å². The van der Waals surface area contributed by atoms with Crippen LogP contribution in [-0.4, -0.2) is 25.6 Å². The van der Waals surface area contributed by atoms with E-state index in [2.05, 4.69) is 13.8 Å². The van der Waals surface area contributed by atoms with Crippen molar-refractivity contribution in [3.8, 4) is 0 Å². The highest BCUT2D eigenvalue weighted by atomic mass is 16.4. The van der Waals surface area contributed by atoms with Gasteiger partial charge in [-0.2, -0.15) is 0 Å². The third kappa shape index (κ3) is 15.8. The highest BCUT2D eigenvalue weighted by molar-refractivity contribution is 5.60. The number of hydrogen-bond donors (Lipinski definition) is 1. The van der Waals surface area contributed by atoms with Crippen molar-refractivity contribution in [3.63, 3.8) is 0 Å². The zero-order chi connectivity index (χ0) is 16.6. The molecule has 22 heavy (non-hydrogen) atoms. The fraction of sp³-hybridized carbons (Fsp3) is 0.947. The highest BCUT2D eigenvalue weighted by Crippen LogP contribution is 2.09. The number of nitrogens with one attached hydrogen (secondary N) is 1. The predicted octanol–water partition coefficient (Wildman–Crippen LogP) is 2.59. The largest absolute Gasteiger partial charge is 0.550 e. The summed E-state index contributed by atoms with van der Waals surface area (Å²) >= 11 is 0. The number of unbranched alkanes of at least 4 members (excludes halogenated alkanes) is 8. The minimum Gasteiger partial charge on any atom is -0.550 e. The lowest BCUT2D eigenvalue weighted by Crippen LogP contribution is -3.13. The summed E-state index contributed by atoms with van der Waals surface area (Å²) in [6.07, 6.45) is 16.1. The molecule has 0 aliphatic carbocycles. The Bertz CT molecular complexity index is 252. The van der Waals surface area contributed by atoms with Gasteiger partial charge in [0.05, 0.1) is 19.6 Å². The molecule has 2 atom stereocenters. The van der Waals surface area contributed by atoms with Crippen molar-refractivity contribution < 1.29 is 14.8 Å². The summed E-state index contributed by atoms with van der Waals surface area (Å²) in [5.74, 6) is -0.104. The Kier molecular flexibility index (Phi) is 14.9. The molecular weight excluding hydrogens is 274 g/mol. The Labute approximate surface area is 138 Å². The van der Waals surface area contributed by atoms with Crippen molar-refractivity contribution in [2.24, 2.45) is 5.92 Å². The molecule has 1 heterocycles. The molecule has 0 aromatic carbocycles. The summed E-state index contributed by atoms with van der Waals surface area (Å²) in [4.78, 5) is 10.8. The number of carbonyl (C=O) groups is 1. The first-order valence-corrected chi connectivity index (χ1v) is 9.57. The molecule has 3 nitrogen and oxygen atoms in total. The van der Waals surface area contributed by atoms with E-state index in [1.165, 1.54) is 90.3 Å². The maximum absolute atomic E-state index is 8.89. The molecule has 2 unspecified atom stereocenters. The molecule has 0 spiro atoms. The van der Waals surface area contributed by atoms with Crippen LogP contribution in [-0.2, 0) is 4.79 Å². The van der Waals surface area contributed by atoms with Crippen molar-refractivity contribution in [1.29, 1.82) is 0 Å². The number of hydrogen-bond acceptors (Lipinski definition) is 2. The number of carboxylic acid groups (broad SMARTS) is 1. The first-order valence-electron chi connectivity index (χ1n) is 9.57. The third-order valence-electron chi connectivity index (χ3n) is 4.50. The average molecular weight is 314 g/mol. The minimum atomic E-state index is -1.08. The maximum Gasteiger partial charge on any atom is 0.0796 e. The van der Waals surface area contributed by atoms with E-state index in [9.17, 15) is 0 Å². The summed E-state index contributed by atoms with van der Waals surface area (Å²) in [6.45, 7) is 10.0. The van der Waals surface area contributed by atoms with Gasteiger partial charge in [0, 0.05) is 11.9 Å². The van der Waals surface area contributed by atoms with Crippen LogP contribution in [0.1, 0.15) is 91.4 Å². The van der Waals surface area contributed by atoms with Gasteiger partial charge in [-0.15, -0.1) is 0 Å². The van der Waals surface area contributed by atoms with Crippen molar-refractivity contribution in [2.75, 3.05) is 19.6 Å². The molecule has 132 valence electrons. The molecule has 1 fully saturated rings. The summed E-state index contributed by atoms with van der Waals surface area (Å²) in [5, 5.41) is 8.89. The minimum absolute atomic E-state index is 0.972. The van der Waals surface area contributed by atoms with Crippen LogP contribution in [0.25, 0.3) is 0 Å². The third-order valence-corrected chi connectivity index (χ3v) is 4.50.